The summed E-state index contributed by atoms with van der Waals surface area (Å²) in [4.78, 5) is 14.2. The second-order valence-corrected chi connectivity index (χ2v) is 8.86. The SMILES string of the molecule is CN(CCOc1ccccc1)C(=O)c1cccc(NS(=O)(=O)c2cccs2)c1. The Hall–Kier alpha value is -2.84. The van der Waals surface area contributed by atoms with Gasteiger partial charge in [0.1, 0.15) is 16.6 Å². The second-order valence-electron chi connectivity index (χ2n) is 6.01. The molecule has 0 bridgehead atoms. The summed E-state index contributed by atoms with van der Waals surface area (Å²) in [5.41, 5.74) is 0.738. The van der Waals surface area contributed by atoms with Crippen molar-refractivity contribution < 1.29 is 17.9 Å². The van der Waals surface area contributed by atoms with E-state index in [9.17, 15) is 13.2 Å². The summed E-state index contributed by atoms with van der Waals surface area (Å²) in [6.45, 7) is 0.760. The number of carbonyl (C=O) groups is 1. The largest absolute Gasteiger partial charge is 0.492 e. The molecule has 8 heteroatoms. The third kappa shape index (κ3) is 5.11. The zero-order valence-corrected chi connectivity index (χ0v) is 16.9. The molecule has 3 rings (SSSR count). The van der Waals surface area contributed by atoms with Crippen LogP contribution in [0.1, 0.15) is 10.4 Å². The Morgan fingerprint density at radius 3 is 2.57 bits per heavy atom. The van der Waals surface area contributed by atoms with E-state index in [0.29, 0.717) is 24.4 Å². The van der Waals surface area contributed by atoms with Crippen LogP contribution in [0.5, 0.6) is 5.75 Å². The van der Waals surface area contributed by atoms with Gasteiger partial charge in [-0.3, -0.25) is 9.52 Å². The molecular formula is C20H20N2O4S2. The van der Waals surface area contributed by atoms with E-state index >= 15 is 0 Å². The van der Waals surface area contributed by atoms with Crippen LogP contribution >= 0.6 is 11.3 Å². The molecule has 0 atom stereocenters. The first kappa shape index (κ1) is 19.9. The zero-order chi connectivity index (χ0) is 20.0. The van der Waals surface area contributed by atoms with Crippen LogP contribution in [-0.4, -0.2) is 39.4 Å². The Morgan fingerprint density at radius 2 is 1.86 bits per heavy atom. The summed E-state index contributed by atoms with van der Waals surface area (Å²) in [6, 6.07) is 19.0. The number of ether oxygens (including phenoxy) is 1. The molecule has 0 unspecified atom stereocenters. The number of para-hydroxylation sites is 1. The molecular weight excluding hydrogens is 396 g/mol. The predicted molar refractivity (Wildman–Crippen MR) is 110 cm³/mol. The topological polar surface area (TPSA) is 75.7 Å². The van der Waals surface area contributed by atoms with Crippen LogP contribution < -0.4 is 9.46 Å². The van der Waals surface area contributed by atoms with Crippen molar-refractivity contribution in [1.29, 1.82) is 0 Å². The van der Waals surface area contributed by atoms with Crippen molar-refractivity contribution in [3.63, 3.8) is 0 Å². The average molecular weight is 417 g/mol. The highest BCUT2D eigenvalue weighted by atomic mass is 32.2. The first-order chi connectivity index (χ1) is 13.5. The normalized spacial score (nSPS) is 11.0. The van der Waals surface area contributed by atoms with Crippen LogP contribution in [0, 0.1) is 0 Å². The van der Waals surface area contributed by atoms with Crippen molar-refractivity contribution in [3.8, 4) is 5.75 Å². The molecule has 0 radical (unpaired) electrons. The molecule has 1 N–H and O–H groups in total. The molecule has 0 spiro atoms. The summed E-state index contributed by atoms with van der Waals surface area (Å²) in [5.74, 6) is 0.530. The number of carbonyl (C=O) groups excluding carboxylic acids is 1. The lowest BCUT2D eigenvalue weighted by Gasteiger charge is -2.18. The first-order valence-electron chi connectivity index (χ1n) is 8.55. The number of nitrogens with one attached hydrogen (secondary N) is 1. The monoisotopic (exact) mass is 416 g/mol. The van der Waals surface area contributed by atoms with E-state index in [1.54, 1.807) is 36.7 Å². The smallest absolute Gasteiger partial charge is 0.271 e. The van der Waals surface area contributed by atoms with Gasteiger partial charge in [0.15, 0.2) is 0 Å². The van der Waals surface area contributed by atoms with Gasteiger partial charge in [0.05, 0.1) is 6.54 Å². The standard InChI is InChI=1S/C20H20N2O4S2/c1-22(12-13-26-18-9-3-2-4-10-18)20(23)16-7-5-8-17(15-16)21-28(24,25)19-11-6-14-27-19/h2-11,14-15,21H,12-13H2,1H3. The Labute approximate surface area is 168 Å². The molecule has 0 saturated carbocycles. The second kappa shape index (κ2) is 8.90. The van der Waals surface area contributed by atoms with E-state index in [2.05, 4.69) is 4.72 Å². The van der Waals surface area contributed by atoms with Crippen molar-refractivity contribution >= 4 is 33.0 Å². The third-order valence-electron chi connectivity index (χ3n) is 3.91. The average Bonchev–Trinajstić information content (AvgIpc) is 3.24. The summed E-state index contributed by atoms with van der Waals surface area (Å²) < 4.78 is 33.0. The van der Waals surface area contributed by atoms with Gasteiger partial charge in [0.2, 0.25) is 0 Å². The van der Waals surface area contributed by atoms with Crippen LogP contribution in [0.3, 0.4) is 0 Å². The van der Waals surface area contributed by atoms with Crippen LogP contribution in [0.2, 0.25) is 0 Å². The van der Waals surface area contributed by atoms with Crippen molar-refractivity contribution in [2.75, 3.05) is 24.9 Å². The maximum absolute atomic E-state index is 12.6. The molecule has 1 aromatic heterocycles. The molecule has 146 valence electrons. The lowest BCUT2D eigenvalue weighted by molar-refractivity contribution is 0.0774. The van der Waals surface area contributed by atoms with Crippen molar-refractivity contribution in [2.24, 2.45) is 0 Å². The number of amides is 1. The van der Waals surface area contributed by atoms with Gasteiger partial charge in [0, 0.05) is 18.3 Å². The fourth-order valence-corrected chi connectivity index (χ4v) is 4.52. The number of nitrogens with zero attached hydrogens (tertiary/aromatic N) is 1. The Kier molecular flexibility index (Phi) is 6.33. The minimum Gasteiger partial charge on any atom is -0.492 e. The van der Waals surface area contributed by atoms with E-state index in [4.69, 9.17) is 4.74 Å². The van der Waals surface area contributed by atoms with E-state index in [-0.39, 0.29) is 10.1 Å². The summed E-state index contributed by atoms with van der Waals surface area (Å²) >= 11 is 1.13. The molecule has 0 aliphatic carbocycles. The fourth-order valence-electron chi connectivity index (χ4n) is 2.48. The van der Waals surface area contributed by atoms with Gasteiger partial charge in [-0.2, -0.15) is 0 Å². The maximum atomic E-state index is 12.6. The van der Waals surface area contributed by atoms with E-state index in [1.165, 1.54) is 17.0 Å². The van der Waals surface area contributed by atoms with E-state index in [0.717, 1.165) is 17.1 Å². The highest BCUT2D eigenvalue weighted by Gasteiger charge is 2.17. The van der Waals surface area contributed by atoms with Gasteiger partial charge < -0.3 is 9.64 Å². The fraction of sp³-hybridized carbons (Fsp3) is 0.150. The predicted octanol–water partition coefficient (Wildman–Crippen LogP) is 3.70. The molecule has 0 aliphatic heterocycles. The molecule has 2 aromatic carbocycles. The van der Waals surface area contributed by atoms with E-state index < -0.39 is 10.0 Å². The van der Waals surface area contributed by atoms with Gasteiger partial charge in [0.25, 0.3) is 15.9 Å². The molecule has 0 saturated heterocycles. The minimum absolute atomic E-state index is 0.214. The molecule has 28 heavy (non-hydrogen) atoms. The zero-order valence-electron chi connectivity index (χ0n) is 15.2. The molecule has 3 aromatic rings. The molecule has 6 nitrogen and oxygen atoms in total. The van der Waals surface area contributed by atoms with E-state index in [1.807, 2.05) is 30.3 Å². The lowest BCUT2D eigenvalue weighted by atomic mass is 10.2. The Morgan fingerprint density at radius 1 is 1.07 bits per heavy atom. The summed E-state index contributed by atoms with van der Waals surface area (Å²) in [5, 5.41) is 1.70. The van der Waals surface area contributed by atoms with Gasteiger partial charge in [-0.1, -0.05) is 30.3 Å². The van der Waals surface area contributed by atoms with Crippen LogP contribution in [-0.2, 0) is 10.0 Å². The van der Waals surface area contributed by atoms with Gasteiger partial charge in [-0.15, -0.1) is 11.3 Å². The number of likely N-dealkylation sites (N-methyl/N-ethyl adjacent to an activating group) is 1. The van der Waals surface area contributed by atoms with Gasteiger partial charge >= 0.3 is 0 Å². The first-order valence-corrected chi connectivity index (χ1v) is 10.9. The summed E-state index contributed by atoms with van der Waals surface area (Å²) in [6.07, 6.45) is 0. The Balaban J connectivity index is 1.61. The summed E-state index contributed by atoms with van der Waals surface area (Å²) in [7, 11) is -1.97. The number of hydrogen-bond donors (Lipinski definition) is 1. The number of thiophene rings is 1. The van der Waals surface area contributed by atoms with Crippen molar-refractivity contribution in [3.05, 3.63) is 77.7 Å². The highest BCUT2D eigenvalue weighted by Crippen LogP contribution is 2.21. The molecule has 0 aliphatic rings. The molecule has 0 fully saturated rings. The molecule has 1 amide bonds. The quantitative estimate of drug-likeness (QED) is 0.608. The Bertz CT molecular complexity index is 1020. The highest BCUT2D eigenvalue weighted by molar-refractivity contribution is 7.94. The minimum atomic E-state index is -3.65. The van der Waals surface area contributed by atoms with Gasteiger partial charge in [-0.05, 0) is 41.8 Å². The van der Waals surface area contributed by atoms with Crippen LogP contribution in [0.4, 0.5) is 5.69 Å². The van der Waals surface area contributed by atoms with Crippen molar-refractivity contribution in [2.45, 2.75) is 4.21 Å². The van der Waals surface area contributed by atoms with Gasteiger partial charge in [-0.25, -0.2) is 8.42 Å². The number of rotatable bonds is 8. The maximum Gasteiger partial charge on any atom is 0.271 e. The number of benzene rings is 2. The lowest BCUT2D eigenvalue weighted by Crippen LogP contribution is -2.30. The number of sulfonamides is 1. The third-order valence-corrected chi connectivity index (χ3v) is 6.69. The molecule has 1 heterocycles. The van der Waals surface area contributed by atoms with Crippen molar-refractivity contribution in [1.82, 2.24) is 4.90 Å². The number of anilines is 1. The van der Waals surface area contributed by atoms with Crippen LogP contribution in [0.25, 0.3) is 0 Å². The van der Waals surface area contributed by atoms with Crippen LogP contribution in [0.15, 0.2) is 76.3 Å². The number of hydrogen-bond acceptors (Lipinski definition) is 5.